The van der Waals surface area contributed by atoms with Gasteiger partial charge in [0.15, 0.2) is 11.6 Å². The van der Waals surface area contributed by atoms with Crippen LogP contribution >= 0.6 is 11.6 Å². The van der Waals surface area contributed by atoms with E-state index in [2.05, 4.69) is 0 Å². The molecule has 32 heavy (non-hydrogen) atoms. The minimum atomic E-state index is -1.61. The van der Waals surface area contributed by atoms with Crippen molar-refractivity contribution in [2.75, 3.05) is 0 Å². The van der Waals surface area contributed by atoms with Crippen LogP contribution in [-0.4, -0.2) is 28.1 Å². The van der Waals surface area contributed by atoms with Gasteiger partial charge in [0.2, 0.25) is 0 Å². The molecule has 0 radical (unpaired) electrons. The molecule has 0 aromatic heterocycles. The second-order valence-corrected chi connectivity index (χ2v) is 8.93. The molecule has 0 saturated heterocycles. The van der Waals surface area contributed by atoms with E-state index in [0.29, 0.717) is 21.7 Å². The van der Waals surface area contributed by atoms with E-state index >= 15 is 0 Å². The first-order chi connectivity index (χ1) is 15.3. The first-order valence-electron chi connectivity index (χ1n) is 10.5. The van der Waals surface area contributed by atoms with E-state index in [9.17, 15) is 19.5 Å². The zero-order valence-corrected chi connectivity index (χ0v) is 18.3. The Morgan fingerprint density at radius 2 is 1.34 bits per heavy atom. The highest BCUT2D eigenvalue weighted by molar-refractivity contribution is 6.30. The Morgan fingerprint density at radius 3 is 1.88 bits per heavy atom. The normalized spacial score (nSPS) is 25.3. The summed E-state index contributed by atoms with van der Waals surface area (Å²) in [4.78, 5) is 40.5. The number of aliphatic hydroxyl groups is 1. The third kappa shape index (κ3) is 4.16. The van der Waals surface area contributed by atoms with Crippen molar-refractivity contribution in [3.05, 3.63) is 107 Å². The number of benzene rings is 3. The summed E-state index contributed by atoms with van der Waals surface area (Å²) in [5.41, 5.74) is -0.164. The predicted molar refractivity (Wildman–Crippen MR) is 123 cm³/mol. The van der Waals surface area contributed by atoms with Gasteiger partial charge in [-0.2, -0.15) is 0 Å². The van der Waals surface area contributed by atoms with E-state index in [-0.39, 0.29) is 23.8 Å². The third-order valence-electron chi connectivity index (χ3n) is 6.20. The molecular formula is C27H23ClO4. The third-order valence-corrected chi connectivity index (χ3v) is 6.46. The topological polar surface area (TPSA) is 71.4 Å². The quantitative estimate of drug-likeness (QED) is 0.435. The lowest BCUT2D eigenvalue weighted by atomic mass is 9.58. The van der Waals surface area contributed by atoms with Crippen molar-refractivity contribution in [3.8, 4) is 0 Å². The molecule has 4 atom stereocenters. The summed E-state index contributed by atoms with van der Waals surface area (Å²) >= 11 is 6.07. The van der Waals surface area contributed by atoms with Gasteiger partial charge in [0.1, 0.15) is 5.78 Å². The van der Waals surface area contributed by atoms with Crippen molar-refractivity contribution in [3.63, 3.8) is 0 Å². The zero-order valence-electron chi connectivity index (χ0n) is 17.6. The highest BCUT2D eigenvalue weighted by atomic mass is 35.5. The van der Waals surface area contributed by atoms with Crippen LogP contribution in [0.3, 0.4) is 0 Å². The molecule has 5 heteroatoms. The van der Waals surface area contributed by atoms with E-state index in [1.807, 2.05) is 0 Å². The minimum absolute atomic E-state index is 0.274. The summed E-state index contributed by atoms with van der Waals surface area (Å²) in [7, 11) is 0. The van der Waals surface area contributed by atoms with E-state index in [4.69, 9.17) is 11.6 Å². The van der Waals surface area contributed by atoms with Crippen molar-refractivity contribution < 1.29 is 19.5 Å². The molecule has 1 aliphatic rings. The van der Waals surface area contributed by atoms with Gasteiger partial charge in [0, 0.05) is 28.5 Å². The molecular weight excluding hydrogens is 424 g/mol. The first kappa shape index (κ1) is 22.1. The van der Waals surface area contributed by atoms with Crippen LogP contribution in [0, 0.1) is 11.8 Å². The molecule has 0 spiro atoms. The Labute approximate surface area is 191 Å². The Bertz CT molecular complexity index is 1140. The fourth-order valence-corrected chi connectivity index (χ4v) is 4.87. The molecule has 0 aliphatic heterocycles. The van der Waals surface area contributed by atoms with Crippen LogP contribution in [0.4, 0.5) is 0 Å². The van der Waals surface area contributed by atoms with Gasteiger partial charge in [-0.25, -0.2) is 0 Å². The van der Waals surface area contributed by atoms with Crippen LogP contribution < -0.4 is 0 Å². The van der Waals surface area contributed by atoms with Gasteiger partial charge in [-0.1, -0.05) is 84.4 Å². The molecule has 3 aromatic carbocycles. The van der Waals surface area contributed by atoms with Crippen molar-refractivity contribution in [1.29, 1.82) is 0 Å². The Balaban J connectivity index is 1.89. The molecule has 1 aliphatic carbocycles. The lowest BCUT2D eigenvalue weighted by Gasteiger charge is -2.45. The number of hydrogen-bond acceptors (Lipinski definition) is 4. The second kappa shape index (κ2) is 8.81. The summed E-state index contributed by atoms with van der Waals surface area (Å²) in [5.74, 6) is -3.92. The maximum Gasteiger partial charge on any atom is 0.173 e. The first-order valence-corrected chi connectivity index (χ1v) is 10.9. The molecule has 1 saturated carbocycles. The largest absolute Gasteiger partial charge is 0.389 e. The van der Waals surface area contributed by atoms with Gasteiger partial charge in [-0.15, -0.1) is 0 Å². The van der Waals surface area contributed by atoms with Crippen LogP contribution in [0.1, 0.15) is 45.5 Å². The van der Waals surface area contributed by atoms with Crippen LogP contribution in [-0.2, 0) is 4.79 Å². The summed E-state index contributed by atoms with van der Waals surface area (Å²) in [6.45, 7) is 1.50. The predicted octanol–water partition coefficient (Wildman–Crippen LogP) is 5.15. The molecule has 4 rings (SSSR count). The van der Waals surface area contributed by atoms with Crippen molar-refractivity contribution in [2.24, 2.45) is 11.8 Å². The molecule has 0 amide bonds. The summed E-state index contributed by atoms with van der Waals surface area (Å²) in [6.07, 6.45) is -0.274. The molecule has 0 bridgehead atoms. The van der Waals surface area contributed by atoms with Crippen molar-refractivity contribution in [1.82, 2.24) is 0 Å². The van der Waals surface area contributed by atoms with E-state index < -0.39 is 23.4 Å². The fraction of sp³-hybridized carbons (Fsp3) is 0.222. The Kier molecular flexibility index (Phi) is 6.09. The molecule has 1 fully saturated rings. The van der Waals surface area contributed by atoms with Gasteiger partial charge in [0.05, 0.1) is 17.4 Å². The van der Waals surface area contributed by atoms with E-state index in [1.54, 1.807) is 84.9 Å². The fourth-order valence-electron chi connectivity index (χ4n) is 4.74. The lowest BCUT2D eigenvalue weighted by Crippen LogP contribution is -2.54. The minimum Gasteiger partial charge on any atom is -0.389 e. The lowest BCUT2D eigenvalue weighted by molar-refractivity contribution is -0.134. The van der Waals surface area contributed by atoms with Gasteiger partial charge >= 0.3 is 0 Å². The summed E-state index contributed by atoms with van der Waals surface area (Å²) < 4.78 is 0. The average Bonchev–Trinajstić information content (AvgIpc) is 2.79. The number of carbonyl (C=O) groups excluding carboxylic acids is 3. The molecule has 4 nitrogen and oxygen atoms in total. The number of ketones is 3. The molecule has 1 N–H and O–H groups in total. The second-order valence-electron chi connectivity index (χ2n) is 8.49. The maximum atomic E-state index is 13.7. The number of hydrogen-bond donors (Lipinski definition) is 1. The highest BCUT2D eigenvalue weighted by Gasteiger charge is 2.55. The SMILES string of the molecule is C[C@]1(O)CC(=O)[C@H](C(=O)c2ccccc2)[C@@H](c2ccc(Cl)cc2)[C@@H]1C(=O)c1ccccc1. The van der Waals surface area contributed by atoms with Crippen LogP contribution in [0.5, 0.6) is 0 Å². The standard InChI is InChI=1S/C27H23ClO4/c1-27(32)16-21(29)23(25(30)18-8-4-2-5-9-18)22(17-12-14-20(28)15-13-17)24(27)26(31)19-10-6-3-7-11-19/h2-15,22-24,32H,16H2,1H3/t22-,23+,24-,27+/m1/s1. The zero-order chi connectivity index (χ0) is 22.9. The van der Waals surface area contributed by atoms with Crippen LogP contribution in [0.2, 0.25) is 5.02 Å². The summed E-state index contributed by atoms with van der Waals surface area (Å²) in [5, 5.41) is 11.8. The Morgan fingerprint density at radius 1 is 0.844 bits per heavy atom. The molecule has 3 aromatic rings. The molecule has 162 valence electrons. The maximum absolute atomic E-state index is 13.7. The number of halogens is 1. The van der Waals surface area contributed by atoms with E-state index in [1.165, 1.54) is 6.92 Å². The van der Waals surface area contributed by atoms with E-state index in [0.717, 1.165) is 0 Å². The van der Waals surface area contributed by atoms with Gasteiger partial charge < -0.3 is 5.11 Å². The smallest absolute Gasteiger partial charge is 0.173 e. The monoisotopic (exact) mass is 446 g/mol. The average molecular weight is 447 g/mol. The van der Waals surface area contributed by atoms with Gasteiger partial charge in [-0.3, -0.25) is 14.4 Å². The van der Waals surface area contributed by atoms with Gasteiger partial charge in [-0.05, 0) is 24.6 Å². The number of rotatable bonds is 5. The summed E-state index contributed by atoms with van der Waals surface area (Å²) in [6, 6.07) is 24.0. The number of carbonyl (C=O) groups is 3. The molecule has 0 unspecified atom stereocenters. The Hall–Kier alpha value is -3.08. The highest BCUT2D eigenvalue weighted by Crippen LogP contribution is 2.48. The molecule has 0 heterocycles. The van der Waals surface area contributed by atoms with Gasteiger partial charge in [0.25, 0.3) is 0 Å². The van der Waals surface area contributed by atoms with Crippen molar-refractivity contribution >= 4 is 29.0 Å². The van der Waals surface area contributed by atoms with Crippen molar-refractivity contribution in [2.45, 2.75) is 24.9 Å². The number of Topliss-reactive ketones (excluding diaryl/α,β-unsaturated/α-hetero) is 3. The van der Waals surface area contributed by atoms with Crippen LogP contribution in [0.25, 0.3) is 0 Å². The van der Waals surface area contributed by atoms with Crippen LogP contribution in [0.15, 0.2) is 84.9 Å².